The van der Waals surface area contributed by atoms with Crippen molar-refractivity contribution in [3.8, 4) is 16.9 Å². The van der Waals surface area contributed by atoms with E-state index in [0.29, 0.717) is 5.82 Å². The van der Waals surface area contributed by atoms with Gasteiger partial charge in [0.05, 0.1) is 12.6 Å². The van der Waals surface area contributed by atoms with Gasteiger partial charge >= 0.3 is 0 Å². The number of nitrogens with one attached hydrogen (secondary N) is 1. The molecule has 1 aromatic carbocycles. The summed E-state index contributed by atoms with van der Waals surface area (Å²) in [5.74, 6) is 2.29. The highest BCUT2D eigenvalue weighted by molar-refractivity contribution is 5.94. The highest BCUT2D eigenvalue weighted by atomic mass is 16.5. The monoisotopic (exact) mass is 396 g/mol. The minimum Gasteiger partial charge on any atom is -0.496 e. The van der Waals surface area contributed by atoms with Crippen molar-refractivity contribution in [2.24, 2.45) is 0 Å². The molecule has 0 amide bonds. The molecule has 0 saturated carbocycles. The van der Waals surface area contributed by atoms with Gasteiger partial charge in [-0.2, -0.15) is 0 Å². The third-order valence-corrected chi connectivity index (χ3v) is 5.29. The topological polar surface area (TPSA) is 77.2 Å². The van der Waals surface area contributed by atoms with Gasteiger partial charge in [0.1, 0.15) is 23.7 Å². The van der Waals surface area contributed by atoms with Crippen LogP contribution >= 0.6 is 0 Å². The van der Waals surface area contributed by atoms with Gasteiger partial charge in [-0.1, -0.05) is 12.1 Å². The van der Waals surface area contributed by atoms with E-state index in [4.69, 9.17) is 4.74 Å². The summed E-state index contributed by atoms with van der Waals surface area (Å²) >= 11 is 0. The summed E-state index contributed by atoms with van der Waals surface area (Å²) < 4.78 is 7.54. The smallest absolute Gasteiger partial charge is 0.169 e. The Kier molecular flexibility index (Phi) is 4.28. The summed E-state index contributed by atoms with van der Waals surface area (Å²) in [4.78, 5) is 8.88. The van der Waals surface area contributed by atoms with Crippen molar-refractivity contribution in [2.75, 3.05) is 12.4 Å². The van der Waals surface area contributed by atoms with Crippen LogP contribution < -0.4 is 10.1 Å². The molecule has 5 rings (SSSR count). The Hall–Kier alpha value is -4.00. The third-order valence-electron chi connectivity index (χ3n) is 5.29. The zero-order valence-electron chi connectivity index (χ0n) is 16.9. The van der Waals surface area contributed by atoms with E-state index in [1.54, 1.807) is 19.6 Å². The van der Waals surface area contributed by atoms with Crippen molar-refractivity contribution in [1.29, 1.82) is 0 Å². The van der Waals surface area contributed by atoms with E-state index in [-0.39, 0.29) is 0 Å². The van der Waals surface area contributed by atoms with Crippen LogP contribution in [0.5, 0.6) is 5.75 Å². The van der Waals surface area contributed by atoms with Crippen molar-refractivity contribution in [1.82, 2.24) is 24.6 Å². The molecule has 0 aliphatic heterocycles. The minimum absolute atomic E-state index is 0.706. The van der Waals surface area contributed by atoms with Crippen molar-refractivity contribution in [3.05, 3.63) is 72.3 Å². The Labute approximate surface area is 173 Å². The van der Waals surface area contributed by atoms with E-state index in [0.717, 1.165) is 50.4 Å². The molecule has 0 aliphatic carbocycles. The van der Waals surface area contributed by atoms with Gasteiger partial charge in [-0.25, -0.2) is 9.97 Å². The summed E-state index contributed by atoms with van der Waals surface area (Å²) in [6.45, 7) is 4.16. The van der Waals surface area contributed by atoms with E-state index >= 15 is 0 Å². The van der Waals surface area contributed by atoms with Crippen LogP contribution in [0.15, 0.2) is 61.2 Å². The fourth-order valence-corrected chi connectivity index (χ4v) is 3.87. The van der Waals surface area contributed by atoms with Crippen LogP contribution in [0.25, 0.3) is 27.7 Å². The molecule has 0 fully saturated rings. The molecule has 0 bridgehead atoms. The second-order valence-corrected chi connectivity index (χ2v) is 7.14. The molecule has 148 valence electrons. The molecule has 0 atom stereocenters. The average Bonchev–Trinajstić information content (AvgIpc) is 3.25. The number of ether oxygens (including phenoxy) is 1. The number of anilines is 2. The first-order valence-corrected chi connectivity index (χ1v) is 9.61. The molecule has 4 aromatic heterocycles. The fourth-order valence-electron chi connectivity index (χ4n) is 3.87. The predicted octanol–water partition coefficient (Wildman–Crippen LogP) is 4.71. The lowest BCUT2D eigenvalue weighted by Crippen LogP contribution is -1.99. The molecule has 1 N–H and O–H groups in total. The van der Waals surface area contributed by atoms with Gasteiger partial charge in [0.25, 0.3) is 0 Å². The molecule has 0 unspecified atom stereocenters. The molecular weight excluding hydrogens is 376 g/mol. The number of hydrogen-bond acceptors (Lipinski definition) is 6. The Bertz CT molecular complexity index is 1380. The largest absolute Gasteiger partial charge is 0.496 e. The quantitative estimate of drug-likeness (QED) is 0.474. The number of aromatic nitrogens is 5. The second-order valence-electron chi connectivity index (χ2n) is 7.14. The highest BCUT2D eigenvalue weighted by Gasteiger charge is 2.17. The van der Waals surface area contributed by atoms with Crippen molar-refractivity contribution in [3.63, 3.8) is 0 Å². The number of benzene rings is 1. The fraction of sp³-hybridized carbons (Fsp3) is 0.130. The summed E-state index contributed by atoms with van der Waals surface area (Å²) in [6, 6.07) is 13.9. The molecule has 0 radical (unpaired) electrons. The van der Waals surface area contributed by atoms with E-state index in [1.807, 2.05) is 40.9 Å². The average molecular weight is 396 g/mol. The van der Waals surface area contributed by atoms with Gasteiger partial charge in [0.15, 0.2) is 5.65 Å². The second kappa shape index (κ2) is 7.11. The van der Waals surface area contributed by atoms with Crippen LogP contribution in [0.4, 0.5) is 11.6 Å². The highest BCUT2D eigenvalue weighted by Crippen LogP contribution is 2.37. The molecule has 4 heterocycles. The van der Waals surface area contributed by atoms with Gasteiger partial charge < -0.3 is 10.1 Å². The lowest BCUT2D eigenvalue weighted by atomic mass is 9.95. The molecule has 7 nitrogen and oxygen atoms in total. The predicted molar refractivity (Wildman–Crippen MR) is 117 cm³/mol. The lowest BCUT2D eigenvalue weighted by molar-refractivity contribution is 0.412. The number of aryl methyl sites for hydroxylation is 1. The maximum absolute atomic E-state index is 5.55. The van der Waals surface area contributed by atoms with Gasteiger partial charge in [0.2, 0.25) is 0 Å². The van der Waals surface area contributed by atoms with Crippen molar-refractivity contribution >= 4 is 28.2 Å². The van der Waals surface area contributed by atoms with Crippen molar-refractivity contribution in [2.45, 2.75) is 13.8 Å². The van der Waals surface area contributed by atoms with Gasteiger partial charge in [0, 0.05) is 29.4 Å². The summed E-state index contributed by atoms with van der Waals surface area (Å²) in [5, 5.41) is 12.8. The molecule has 0 saturated heterocycles. The van der Waals surface area contributed by atoms with Crippen LogP contribution in [-0.4, -0.2) is 31.7 Å². The Morgan fingerprint density at radius 1 is 1.00 bits per heavy atom. The number of methoxy groups -OCH3 is 1. The first-order valence-electron chi connectivity index (χ1n) is 9.61. The van der Waals surface area contributed by atoms with Crippen LogP contribution in [0.1, 0.15) is 11.1 Å². The Balaban J connectivity index is 1.71. The number of nitrogens with zero attached hydrogens (tertiary/aromatic N) is 5. The zero-order valence-corrected chi connectivity index (χ0v) is 16.9. The summed E-state index contributed by atoms with van der Waals surface area (Å²) in [6.07, 6.45) is 5.33. The normalized spacial score (nSPS) is 11.2. The first kappa shape index (κ1) is 18.1. The summed E-state index contributed by atoms with van der Waals surface area (Å²) in [5.41, 5.74) is 6.08. The van der Waals surface area contributed by atoms with Crippen LogP contribution in [0, 0.1) is 13.8 Å². The standard InChI is InChI=1S/C23H20N6O/c1-14-7-8-19(30-3)15(2)22(14)17-10-16-12-25-21(27-20-6-4-5-9-24-20)11-18(16)29-13-26-28-23(17)29/h4-13H,1-3H3,(H,24,25,27). The number of fused-ring (bicyclic) bond motifs is 3. The molecule has 0 aliphatic rings. The van der Waals surface area contributed by atoms with Gasteiger partial charge in [-0.05, 0) is 54.8 Å². The Morgan fingerprint density at radius 2 is 1.90 bits per heavy atom. The molecule has 0 spiro atoms. The molecular formula is C23H20N6O. The Morgan fingerprint density at radius 3 is 2.70 bits per heavy atom. The van der Waals surface area contributed by atoms with Gasteiger partial charge in [-0.15, -0.1) is 10.2 Å². The lowest BCUT2D eigenvalue weighted by Gasteiger charge is -2.15. The van der Waals surface area contributed by atoms with Crippen LogP contribution in [0.2, 0.25) is 0 Å². The number of rotatable bonds is 4. The maximum Gasteiger partial charge on any atom is 0.169 e. The molecule has 7 heteroatoms. The zero-order chi connectivity index (χ0) is 20.7. The minimum atomic E-state index is 0.706. The SMILES string of the molecule is COc1ccc(C)c(-c2cc3cnc(Nc4ccccn4)cc3n3cnnc23)c1C. The van der Waals surface area contributed by atoms with Crippen molar-refractivity contribution < 1.29 is 4.74 Å². The summed E-state index contributed by atoms with van der Waals surface area (Å²) in [7, 11) is 1.69. The van der Waals surface area contributed by atoms with E-state index in [2.05, 4.69) is 51.5 Å². The third kappa shape index (κ3) is 2.91. The van der Waals surface area contributed by atoms with E-state index in [9.17, 15) is 0 Å². The molecule has 5 aromatic rings. The first-order chi connectivity index (χ1) is 14.7. The van der Waals surface area contributed by atoms with Crippen LogP contribution in [0.3, 0.4) is 0 Å². The van der Waals surface area contributed by atoms with E-state index < -0.39 is 0 Å². The number of pyridine rings is 3. The van der Waals surface area contributed by atoms with Crippen LogP contribution in [-0.2, 0) is 0 Å². The number of hydrogen-bond donors (Lipinski definition) is 1. The van der Waals surface area contributed by atoms with Gasteiger partial charge in [-0.3, -0.25) is 4.40 Å². The molecule has 30 heavy (non-hydrogen) atoms. The maximum atomic E-state index is 5.55. The van der Waals surface area contributed by atoms with E-state index in [1.165, 1.54) is 0 Å².